The highest BCUT2D eigenvalue weighted by atomic mass is 16.5. The van der Waals surface area contributed by atoms with Gasteiger partial charge in [0.15, 0.2) is 17.3 Å². The first-order chi connectivity index (χ1) is 9.20. The molecule has 0 aromatic heterocycles. The zero-order chi connectivity index (χ0) is 13.7. The van der Waals surface area contributed by atoms with E-state index in [9.17, 15) is 4.79 Å². The molecule has 0 fully saturated rings. The standard InChI is InChI=1S/C16H16O3/c1-3-18-15-9-4-5-10-16(15)19-14-8-6-7-13(11-14)12(2)17/h4-11H,3H2,1-2H3. The van der Waals surface area contributed by atoms with Gasteiger partial charge < -0.3 is 9.47 Å². The second-order valence-corrected chi connectivity index (χ2v) is 4.07. The van der Waals surface area contributed by atoms with Crippen LogP contribution in [0.5, 0.6) is 17.2 Å². The van der Waals surface area contributed by atoms with Gasteiger partial charge in [0, 0.05) is 5.56 Å². The van der Waals surface area contributed by atoms with Crippen LogP contribution in [0.3, 0.4) is 0 Å². The first-order valence-corrected chi connectivity index (χ1v) is 6.21. The minimum atomic E-state index is 0.0172. The fraction of sp³-hybridized carbons (Fsp3) is 0.188. The summed E-state index contributed by atoms with van der Waals surface area (Å²) in [6, 6.07) is 14.6. The molecule has 0 aliphatic carbocycles. The molecular formula is C16H16O3. The van der Waals surface area contributed by atoms with Gasteiger partial charge in [-0.2, -0.15) is 0 Å². The molecule has 98 valence electrons. The lowest BCUT2D eigenvalue weighted by molar-refractivity contribution is 0.101. The molecule has 2 rings (SSSR count). The molecule has 0 atom stereocenters. The van der Waals surface area contributed by atoms with Gasteiger partial charge in [-0.05, 0) is 38.1 Å². The Labute approximate surface area is 112 Å². The molecule has 2 aromatic carbocycles. The fourth-order valence-corrected chi connectivity index (χ4v) is 1.71. The number of Topliss-reactive ketones (excluding diaryl/α,β-unsaturated/α-hetero) is 1. The topological polar surface area (TPSA) is 35.5 Å². The van der Waals surface area contributed by atoms with Crippen molar-refractivity contribution < 1.29 is 14.3 Å². The predicted molar refractivity (Wildman–Crippen MR) is 74.1 cm³/mol. The van der Waals surface area contributed by atoms with Gasteiger partial charge in [0.1, 0.15) is 5.75 Å². The largest absolute Gasteiger partial charge is 0.490 e. The van der Waals surface area contributed by atoms with E-state index in [2.05, 4.69) is 0 Å². The van der Waals surface area contributed by atoms with Crippen LogP contribution >= 0.6 is 0 Å². The Hall–Kier alpha value is -2.29. The highest BCUT2D eigenvalue weighted by molar-refractivity contribution is 5.94. The third kappa shape index (κ3) is 3.35. The summed E-state index contributed by atoms with van der Waals surface area (Å²) in [7, 11) is 0. The average Bonchev–Trinajstić information content (AvgIpc) is 2.41. The predicted octanol–water partition coefficient (Wildman–Crippen LogP) is 4.08. The summed E-state index contributed by atoms with van der Waals surface area (Å²) < 4.78 is 11.3. The van der Waals surface area contributed by atoms with Gasteiger partial charge >= 0.3 is 0 Å². The van der Waals surface area contributed by atoms with E-state index >= 15 is 0 Å². The van der Waals surface area contributed by atoms with Gasteiger partial charge in [-0.1, -0.05) is 24.3 Å². The first-order valence-electron chi connectivity index (χ1n) is 6.21. The van der Waals surface area contributed by atoms with E-state index in [0.29, 0.717) is 29.4 Å². The monoisotopic (exact) mass is 256 g/mol. The van der Waals surface area contributed by atoms with Crippen molar-refractivity contribution in [2.45, 2.75) is 13.8 Å². The van der Waals surface area contributed by atoms with Crippen LogP contribution < -0.4 is 9.47 Å². The molecule has 0 spiro atoms. The van der Waals surface area contributed by atoms with Crippen LogP contribution in [0, 0.1) is 0 Å². The minimum absolute atomic E-state index is 0.0172. The maximum absolute atomic E-state index is 11.3. The molecule has 0 aliphatic rings. The molecule has 0 saturated heterocycles. The summed E-state index contributed by atoms with van der Waals surface area (Å²) in [5.41, 5.74) is 0.631. The number of carbonyl (C=O) groups excluding carboxylic acids is 1. The molecular weight excluding hydrogens is 240 g/mol. The summed E-state index contributed by atoms with van der Waals surface area (Å²) in [5.74, 6) is 1.98. The van der Waals surface area contributed by atoms with Crippen LogP contribution in [0.4, 0.5) is 0 Å². The van der Waals surface area contributed by atoms with Gasteiger partial charge in [0.05, 0.1) is 6.61 Å². The second-order valence-electron chi connectivity index (χ2n) is 4.07. The Bertz CT molecular complexity index is 576. The van der Waals surface area contributed by atoms with Crippen molar-refractivity contribution >= 4 is 5.78 Å². The van der Waals surface area contributed by atoms with Crippen LogP contribution in [-0.2, 0) is 0 Å². The van der Waals surface area contributed by atoms with Crippen molar-refractivity contribution in [3.05, 3.63) is 54.1 Å². The zero-order valence-electron chi connectivity index (χ0n) is 11.1. The molecule has 0 amide bonds. The summed E-state index contributed by atoms with van der Waals surface area (Å²) in [4.78, 5) is 11.3. The molecule has 2 aromatic rings. The van der Waals surface area contributed by atoms with Crippen molar-refractivity contribution in [2.75, 3.05) is 6.61 Å². The number of ether oxygens (including phenoxy) is 2. The van der Waals surface area contributed by atoms with Crippen molar-refractivity contribution in [3.8, 4) is 17.2 Å². The Morgan fingerprint density at radius 2 is 1.79 bits per heavy atom. The lowest BCUT2D eigenvalue weighted by Gasteiger charge is -2.11. The molecule has 0 heterocycles. The number of hydrogen-bond acceptors (Lipinski definition) is 3. The molecule has 0 radical (unpaired) electrons. The Morgan fingerprint density at radius 1 is 1.05 bits per heavy atom. The minimum Gasteiger partial charge on any atom is -0.490 e. The molecule has 0 aliphatic heterocycles. The maximum atomic E-state index is 11.3. The van der Waals surface area contributed by atoms with Gasteiger partial charge in [-0.25, -0.2) is 0 Å². The third-order valence-corrected chi connectivity index (χ3v) is 2.62. The highest BCUT2D eigenvalue weighted by Gasteiger charge is 2.06. The van der Waals surface area contributed by atoms with Crippen molar-refractivity contribution in [3.63, 3.8) is 0 Å². The van der Waals surface area contributed by atoms with Crippen LogP contribution in [0.2, 0.25) is 0 Å². The molecule has 0 bridgehead atoms. The van der Waals surface area contributed by atoms with Gasteiger partial charge in [-0.3, -0.25) is 4.79 Å². The molecule has 0 unspecified atom stereocenters. The van der Waals surface area contributed by atoms with Crippen molar-refractivity contribution in [1.29, 1.82) is 0 Å². The summed E-state index contributed by atoms with van der Waals surface area (Å²) in [6.07, 6.45) is 0. The summed E-state index contributed by atoms with van der Waals surface area (Å²) >= 11 is 0. The number of benzene rings is 2. The summed E-state index contributed by atoms with van der Waals surface area (Å²) in [5, 5.41) is 0. The Kier molecular flexibility index (Phi) is 4.18. The Morgan fingerprint density at radius 3 is 2.47 bits per heavy atom. The van der Waals surface area contributed by atoms with E-state index in [1.807, 2.05) is 37.3 Å². The SMILES string of the molecule is CCOc1ccccc1Oc1cccc(C(C)=O)c1. The molecule has 0 saturated carbocycles. The number of hydrogen-bond donors (Lipinski definition) is 0. The van der Waals surface area contributed by atoms with Crippen LogP contribution in [0.15, 0.2) is 48.5 Å². The van der Waals surface area contributed by atoms with E-state index in [0.717, 1.165) is 0 Å². The molecule has 3 heteroatoms. The molecule has 0 N–H and O–H groups in total. The quantitative estimate of drug-likeness (QED) is 0.756. The smallest absolute Gasteiger partial charge is 0.169 e. The second kappa shape index (κ2) is 6.05. The van der Waals surface area contributed by atoms with E-state index in [4.69, 9.17) is 9.47 Å². The number of ketones is 1. The molecule has 3 nitrogen and oxygen atoms in total. The number of rotatable bonds is 5. The average molecular weight is 256 g/mol. The lowest BCUT2D eigenvalue weighted by Crippen LogP contribution is -1.96. The third-order valence-electron chi connectivity index (χ3n) is 2.62. The van der Waals surface area contributed by atoms with Gasteiger partial charge in [0.25, 0.3) is 0 Å². The van der Waals surface area contributed by atoms with Crippen molar-refractivity contribution in [1.82, 2.24) is 0 Å². The van der Waals surface area contributed by atoms with E-state index in [1.54, 1.807) is 18.2 Å². The van der Waals surface area contributed by atoms with E-state index in [-0.39, 0.29) is 5.78 Å². The maximum Gasteiger partial charge on any atom is 0.169 e. The number of carbonyl (C=O) groups is 1. The first kappa shape index (κ1) is 13.1. The zero-order valence-corrected chi connectivity index (χ0v) is 11.1. The van der Waals surface area contributed by atoms with Crippen molar-refractivity contribution in [2.24, 2.45) is 0 Å². The van der Waals surface area contributed by atoms with Crippen LogP contribution in [0.25, 0.3) is 0 Å². The van der Waals surface area contributed by atoms with Crippen LogP contribution in [0.1, 0.15) is 24.2 Å². The highest BCUT2D eigenvalue weighted by Crippen LogP contribution is 2.31. The van der Waals surface area contributed by atoms with Gasteiger partial charge in [0.2, 0.25) is 0 Å². The lowest BCUT2D eigenvalue weighted by atomic mass is 10.1. The molecule has 19 heavy (non-hydrogen) atoms. The van der Waals surface area contributed by atoms with Crippen LogP contribution in [-0.4, -0.2) is 12.4 Å². The summed E-state index contributed by atoms with van der Waals surface area (Å²) in [6.45, 7) is 4.04. The fourth-order valence-electron chi connectivity index (χ4n) is 1.71. The Balaban J connectivity index is 2.26. The van der Waals surface area contributed by atoms with E-state index in [1.165, 1.54) is 6.92 Å². The normalized spacial score (nSPS) is 10.0. The number of para-hydroxylation sites is 2. The van der Waals surface area contributed by atoms with Gasteiger partial charge in [-0.15, -0.1) is 0 Å². The van der Waals surface area contributed by atoms with E-state index < -0.39 is 0 Å².